The van der Waals surface area contributed by atoms with Crippen LogP contribution in [0.3, 0.4) is 0 Å². The fourth-order valence-electron chi connectivity index (χ4n) is 0.977. The maximum Gasteiger partial charge on any atom is 0.312 e. The van der Waals surface area contributed by atoms with Gasteiger partial charge in [-0.3, -0.25) is 4.79 Å². The Balaban J connectivity index is 2.80. The molecule has 0 aromatic rings. The monoisotopic (exact) mass is 146 g/mol. The second kappa shape index (κ2) is 2.15. The molecular weight excluding hydrogens is 138 g/mol. The molecule has 0 radical (unpaired) electrons. The highest BCUT2D eigenvalue weighted by Crippen LogP contribution is 2.31. The van der Waals surface area contributed by atoms with Crippen LogP contribution in [0.2, 0.25) is 0 Å². The molecule has 10 heavy (non-hydrogen) atoms. The summed E-state index contributed by atoms with van der Waals surface area (Å²) in [6, 6.07) is 0. The first-order valence-corrected chi connectivity index (χ1v) is 3.19. The van der Waals surface area contributed by atoms with Gasteiger partial charge in [-0.05, 0) is 12.0 Å². The minimum atomic E-state index is -3.11. The van der Waals surface area contributed by atoms with E-state index in [2.05, 4.69) is 0 Å². The van der Waals surface area contributed by atoms with Crippen LogP contribution in [0.1, 0.15) is 19.8 Å². The number of halogens is 2. The van der Waals surface area contributed by atoms with Crippen LogP contribution in [0.15, 0.2) is 11.6 Å². The van der Waals surface area contributed by atoms with Crippen molar-refractivity contribution in [1.29, 1.82) is 0 Å². The maximum absolute atomic E-state index is 12.4. The Morgan fingerprint density at radius 2 is 2.30 bits per heavy atom. The minimum Gasteiger partial charge on any atom is -0.288 e. The van der Waals surface area contributed by atoms with Crippen molar-refractivity contribution in [1.82, 2.24) is 0 Å². The molecule has 1 aliphatic carbocycles. The van der Waals surface area contributed by atoms with E-state index < -0.39 is 18.1 Å². The van der Waals surface area contributed by atoms with Crippen molar-refractivity contribution < 1.29 is 13.6 Å². The van der Waals surface area contributed by atoms with Gasteiger partial charge in [0.2, 0.25) is 5.78 Å². The number of allylic oxidation sites excluding steroid dienone is 2. The molecule has 1 nitrogen and oxygen atoms in total. The third-order valence-corrected chi connectivity index (χ3v) is 1.61. The molecule has 0 spiro atoms. The van der Waals surface area contributed by atoms with Gasteiger partial charge in [0.25, 0.3) is 0 Å². The van der Waals surface area contributed by atoms with Crippen molar-refractivity contribution in [3.8, 4) is 0 Å². The second-order valence-corrected chi connectivity index (χ2v) is 2.32. The number of alkyl halides is 2. The second-order valence-electron chi connectivity index (χ2n) is 2.32. The molecule has 0 N–H and O–H groups in total. The van der Waals surface area contributed by atoms with Gasteiger partial charge in [-0.25, -0.2) is 0 Å². The molecule has 0 heterocycles. The van der Waals surface area contributed by atoms with E-state index in [4.69, 9.17) is 0 Å². The lowest BCUT2D eigenvalue weighted by molar-refractivity contribution is -0.136. The largest absolute Gasteiger partial charge is 0.312 e. The van der Waals surface area contributed by atoms with E-state index in [1.54, 1.807) is 6.92 Å². The summed E-state index contributed by atoms with van der Waals surface area (Å²) in [5, 5.41) is 0. The van der Waals surface area contributed by atoms with Crippen molar-refractivity contribution in [3.05, 3.63) is 11.6 Å². The summed E-state index contributed by atoms with van der Waals surface area (Å²) >= 11 is 0. The van der Waals surface area contributed by atoms with E-state index in [1.807, 2.05) is 0 Å². The lowest BCUT2D eigenvalue weighted by Crippen LogP contribution is -2.23. The zero-order valence-corrected chi connectivity index (χ0v) is 5.66. The summed E-state index contributed by atoms with van der Waals surface area (Å²) in [5.74, 6) is -4.10. The van der Waals surface area contributed by atoms with E-state index >= 15 is 0 Å². The number of hydrogen-bond acceptors (Lipinski definition) is 1. The first kappa shape index (κ1) is 7.38. The number of rotatable bonds is 1. The Bertz CT molecular complexity index is 194. The molecule has 0 aromatic heterocycles. The highest BCUT2D eigenvalue weighted by atomic mass is 19.3. The van der Waals surface area contributed by atoms with E-state index in [1.165, 1.54) is 6.08 Å². The van der Waals surface area contributed by atoms with Gasteiger partial charge < -0.3 is 0 Å². The van der Waals surface area contributed by atoms with E-state index in [-0.39, 0.29) is 5.57 Å². The van der Waals surface area contributed by atoms with Crippen LogP contribution in [-0.4, -0.2) is 11.7 Å². The van der Waals surface area contributed by atoms with Gasteiger partial charge in [-0.15, -0.1) is 0 Å². The third-order valence-electron chi connectivity index (χ3n) is 1.61. The van der Waals surface area contributed by atoms with Gasteiger partial charge in [-0.2, -0.15) is 8.78 Å². The van der Waals surface area contributed by atoms with Crippen LogP contribution < -0.4 is 0 Å². The number of hydrogen-bond donors (Lipinski definition) is 0. The molecule has 3 heteroatoms. The number of ketones is 1. The summed E-state index contributed by atoms with van der Waals surface area (Å²) in [5.41, 5.74) is 0.269. The van der Waals surface area contributed by atoms with Crippen molar-refractivity contribution in [2.24, 2.45) is 0 Å². The summed E-state index contributed by atoms with van der Waals surface area (Å²) in [6.45, 7) is 1.70. The molecule has 0 saturated carbocycles. The molecule has 0 fully saturated rings. The van der Waals surface area contributed by atoms with Gasteiger partial charge in [0.15, 0.2) is 0 Å². The molecule has 0 aromatic carbocycles. The molecule has 1 aliphatic rings. The lowest BCUT2D eigenvalue weighted by atomic mass is 10.1. The van der Waals surface area contributed by atoms with Crippen molar-refractivity contribution in [3.63, 3.8) is 0 Å². The SMILES string of the molecule is CCC1=CCC(F)(F)C1=O. The average Bonchev–Trinajstić information content (AvgIpc) is 2.10. The fourth-order valence-corrected chi connectivity index (χ4v) is 0.977. The maximum atomic E-state index is 12.4. The minimum absolute atomic E-state index is 0.269. The normalized spacial score (nSPS) is 23.1. The van der Waals surface area contributed by atoms with Crippen LogP contribution in [0.4, 0.5) is 8.78 Å². The molecular formula is C7H8F2O. The van der Waals surface area contributed by atoms with Gasteiger partial charge in [0.05, 0.1) is 0 Å². The summed E-state index contributed by atoms with van der Waals surface area (Å²) in [6.07, 6.45) is 1.33. The Morgan fingerprint density at radius 3 is 2.50 bits per heavy atom. The molecule has 56 valence electrons. The number of carbonyl (C=O) groups excluding carboxylic acids is 1. The number of Topliss-reactive ketones (excluding diaryl/α,β-unsaturated/α-hetero) is 1. The van der Waals surface area contributed by atoms with E-state index in [0.717, 1.165) is 0 Å². The first-order valence-electron chi connectivity index (χ1n) is 3.19. The standard InChI is InChI=1S/C7H8F2O/c1-2-5-3-4-7(8,9)6(5)10/h3H,2,4H2,1H3. The van der Waals surface area contributed by atoms with Crippen LogP contribution in [0.25, 0.3) is 0 Å². The molecule has 0 aliphatic heterocycles. The van der Waals surface area contributed by atoms with Gasteiger partial charge >= 0.3 is 5.92 Å². The molecule has 0 bridgehead atoms. The zero-order chi connectivity index (χ0) is 7.78. The predicted molar refractivity (Wildman–Crippen MR) is 32.9 cm³/mol. The molecule has 1 rings (SSSR count). The molecule has 0 atom stereocenters. The van der Waals surface area contributed by atoms with Crippen molar-refractivity contribution >= 4 is 5.78 Å². The Kier molecular flexibility index (Phi) is 1.58. The highest BCUT2D eigenvalue weighted by molar-refractivity contribution is 6.03. The third kappa shape index (κ3) is 0.958. The molecule has 0 amide bonds. The predicted octanol–water partition coefficient (Wildman–Crippen LogP) is 1.93. The highest BCUT2D eigenvalue weighted by Gasteiger charge is 2.43. The summed E-state index contributed by atoms with van der Waals surface area (Å²) in [7, 11) is 0. The van der Waals surface area contributed by atoms with Crippen molar-refractivity contribution in [2.75, 3.05) is 0 Å². The van der Waals surface area contributed by atoms with Crippen LogP contribution >= 0.6 is 0 Å². The van der Waals surface area contributed by atoms with Crippen LogP contribution in [0.5, 0.6) is 0 Å². The summed E-state index contributed by atoms with van der Waals surface area (Å²) in [4.78, 5) is 10.6. The summed E-state index contributed by atoms with van der Waals surface area (Å²) < 4.78 is 24.7. The van der Waals surface area contributed by atoms with Gasteiger partial charge in [0, 0.05) is 6.42 Å². The zero-order valence-electron chi connectivity index (χ0n) is 5.66. The first-order chi connectivity index (χ1) is 4.58. The Labute approximate surface area is 57.7 Å². The Morgan fingerprint density at radius 1 is 1.70 bits per heavy atom. The average molecular weight is 146 g/mol. The van der Waals surface area contributed by atoms with Crippen LogP contribution in [0, 0.1) is 0 Å². The van der Waals surface area contributed by atoms with Gasteiger partial charge in [0.1, 0.15) is 0 Å². The topological polar surface area (TPSA) is 17.1 Å². The van der Waals surface area contributed by atoms with E-state index in [9.17, 15) is 13.6 Å². The smallest absolute Gasteiger partial charge is 0.288 e. The Hall–Kier alpha value is -0.730. The van der Waals surface area contributed by atoms with Crippen molar-refractivity contribution in [2.45, 2.75) is 25.7 Å². The van der Waals surface area contributed by atoms with Gasteiger partial charge in [-0.1, -0.05) is 13.0 Å². The molecule has 0 unspecified atom stereocenters. The van der Waals surface area contributed by atoms with Crippen LogP contribution in [-0.2, 0) is 4.79 Å². The number of carbonyl (C=O) groups is 1. The molecule has 0 saturated heterocycles. The fraction of sp³-hybridized carbons (Fsp3) is 0.571. The van der Waals surface area contributed by atoms with E-state index in [0.29, 0.717) is 6.42 Å². The quantitative estimate of drug-likeness (QED) is 0.552. The lowest BCUT2D eigenvalue weighted by Gasteiger charge is -2.04.